The van der Waals surface area contributed by atoms with Crippen LogP contribution in [0.3, 0.4) is 0 Å². The third kappa shape index (κ3) is 4.67. The van der Waals surface area contributed by atoms with E-state index >= 15 is 0 Å². The predicted octanol–water partition coefficient (Wildman–Crippen LogP) is 5.26. The Labute approximate surface area is 201 Å². The molecule has 0 saturated carbocycles. The lowest BCUT2D eigenvalue weighted by Gasteiger charge is -2.31. The largest absolute Gasteiger partial charge is 0.339 e. The molecule has 1 aliphatic rings. The Hall–Kier alpha value is -3.30. The van der Waals surface area contributed by atoms with Gasteiger partial charge in [0.25, 0.3) is 15.9 Å². The summed E-state index contributed by atoms with van der Waals surface area (Å²) in [6, 6.07) is 19.0. The number of nitrogens with one attached hydrogen (secondary N) is 1. The lowest BCUT2D eigenvalue weighted by atomic mass is 9.97. The number of rotatable bonds is 5. The van der Waals surface area contributed by atoms with E-state index in [2.05, 4.69) is 10.8 Å². The zero-order valence-electron chi connectivity index (χ0n) is 18.1. The van der Waals surface area contributed by atoms with Crippen molar-refractivity contribution in [1.29, 1.82) is 0 Å². The number of aromatic nitrogens is 1. The van der Waals surface area contributed by atoms with Crippen LogP contribution in [0.2, 0.25) is 0 Å². The highest BCUT2D eigenvalue weighted by Crippen LogP contribution is 2.34. The molecule has 0 bridgehead atoms. The number of hydrogen-bond donors (Lipinski definition) is 1. The topological polar surface area (TPSA) is 79.4 Å². The predicted molar refractivity (Wildman–Crippen MR) is 131 cm³/mol. The first-order valence-corrected chi connectivity index (χ1v) is 13.2. The van der Waals surface area contributed by atoms with Gasteiger partial charge in [0, 0.05) is 30.3 Å². The molecule has 1 aromatic heterocycles. The van der Waals surface area contributed by atoms with E-state index < -0.39 is 15.8 Å². The minimum atomic E-state index is -3.85. The van der Waals surface area contributed by atoms with E-state index in [1.54, 1.807) is 11.3 Å². The van der Waals surface area contributed by atoms with E-state index in [0.29, 0.717) is 24.6 Å². The normalized spacial score (nSPS) is 14.9. The molecule has 4 aromatic rings. The summed E-state index contributed by atoms with van der Waals surface area (Å²) in [7, 11) is -3.85. The van der Waals surface area contributed by atoms with E-state index in [-0.39, 0.29) is 16.5 Å². The Morgan fingerprint density at radius 1 is 0.971 bits per heavy atom. The van der Waals surface area contributed by atoms with Crippen LogP contribution in [-0.2, 0) is 10.0 Å². The summed E-state index contributed by atoms with van der Waals surface area (Å²) in [5, 5.41) is 1.12. The van der Waals surface area contributed by atoms with Gasteiger partial charge in [0.05, 0.1) is 20.1 Å². The number of fused-ring (bicyclic) bond motifs is 1. The summed E-state index contributed by atoms with van der Waals surface area (Å²) in [6.07, 6.45) is 1.69. The van der Waals surface area contributed by atoms with Crippen molar-refractivity contribution in [1.82, 2.24) is 9.88 Å². The molecule has 174 valence electrons. The van der Waals surface area contributed by atoms with Gasteiger partial charge in [0.2, 0.25) is 0 Å². The smallest absolute Gasteiger partial charge is 0.261 e. The number of sulfonamides is 1. The number of thiazole rings is 1. The first kappa shape index (κ1) is 22.5. The van der Waals surface area contributed by atoms with Gasteiger partial charge in [0.15, 0.2) is 0 Å². The van der Waals surface area contributed by atoms with Crippen molar-refractivity contribution in [2.45, 2.75) is 23.7 Å². The van der Waals surface area contributed by atoms with Gasteiger partial charge in [-0.05, 0) is 73.5 Å². The highest BCUT2D eigenvalue weighted by atomic mass is 32.2. The number of para-hydroxylation sites is 1. The van der Waals surface area contributed by atoms with Crippen LogP contribution < -0.4 is 4.72 Å². The van der Waals surface area contributed by atoms with E-state index in [1.807, 2.05) is 23.1 Å². The van der Waals surface area contributed by atoms with Crippen LogP contribution in [-0.4, -0.2) is 37.3 Å². The molecule has 0 atom stereocenters. The number of hydrogen-bond acceptors (Lipinski definition) is 5. The molecule has 1 aliphatic heterocycles. The van der Waals surface area contributed by atoms with Gasteiger partial charge in [-0.1, -0.05) is 12.1 Å². The lowest BCUT2D eigenvalue weighted by Crippen LogP contribution is -2.37. The second-order valence-electron chi connectivity index (χ2n) is 8.22. The molecule has 0 radical (unpaired) electrons. The van der Waals surface area contributed by atoms with Gasteiger partial charge in [-0.3, -0.25) is 9.52 Å². The van der Waals surface area contributed by atoms with Gasteiger partial charge < -0.3 is 4.90 Å². The summed E-state index contributed by atoms with van der Waals surface area (Å²) >= 11 is 1.72. The molecule has 0 spiro atoms. The van der Waals surface area contributed by atoms with Crippen molar-refractivity contribution >= 4 is 43.2 Å². The minimum absolute atomic E-state index is 0.0305. The highest BCUT2D eigenvalue weighted by molar-refractivity contribution is 7.92. The van der Waals surface area contributed by atoms with Gasteiger partial charge in [-0.25, -0.2) is 17.8 Å². The third-order valence-electron chi connectivity index (χ3n) is 5.95. The SMILES string of the molecule is O=C(c1ccc(S(=O)(=O)Nc2ccc(F)cc2)cc1)N1CCC(c2nc3ccccc3s2)CC1. The average molecular weight is 496 g/mol. The third-order valence-corrected chi connectivity index (χ3v) is 8.55. The fraction of sp³-hybridized carbons (Fsp3) is 0.200. The van der Waals surface area contributed by atoms with Crippen LogP contribution >= 0.6 is 11.3 Å². The van der Waals surface area contributed by atoms with E-state index in [4.69, 9.17) is 4.98 Å². The second-order valence-corrected chi connectivity index (χ2v) is 11.0. The molecule has 1 N–H and O–H groups in total. The summed E-state index contributed by atoms with van der Waals surface area (Å²) < 4.78 is 41.8. The number of amides is 1. The number of likely N-dealkylation sites (tertiary alicyclic amines) is 1. The van der Waals surface area contributed by atoms with Crippen LogP contribution in [0.4, 0.5) is 10.1 Å². The lowest BCUT2D eigenvalue weighted by molar-refractivity contribution is 0.0713. The zero-order valence-corrected chi connectivity index (χ0v) is 19.8. The zero-order chi connectivity index (χ0) is 23.7. The van der Waals surface area contributed by atoms with Crippen LogP contribution in [0.15, 0.2) is 77.7 Å². The Morgan fingerprint density at radius 3 is 2.32 bits per heavy atom. The Balaban J connectivity index is 1.22. The Morgan fingerprint density at radius 2 is 1.65 bits per heavy atom. The first-order chi connectivity index (χ1) is 16.4. The summed E-state index contributed by atoms with van der Waals surface area (Å²) in [5.41, 5.74) is 1.72. The fourth-order valence-electron chi connectivity index (χ4n) is 4.09. The van der Waals surface area contributed by atoms with E-state index in [9.17, 15) is 17.6 Å². The number of nitrogens with zero attached hydrogens (tertiary/aromatic N) is 2. The molecule has 2 heterocycles. The molecule has 0 unspecified atom stereocenters. The van der Waals surface area contributed by atoms with Crippen LogP contribution in [0.25, 0.3) is 10.2 Å². The van der Waals surface area contributed by atoms with E-state index in [0.717, 1.165) is 23.4 Å². The molecule has 1 amide bonds. The monoisotopic (exact) mass is 495 g/mol. The van der Waals surface area contributed by atoms with Gasteiger partial charge >= 0.3 is 0 Å². The van der Waals surface area contributed by atoms with Gasteiger partial charge in [-0.15, -0.1) is 11.3 Å². The highest BCUT2D eigenvalue weighted by Gasteiger charge is 2.27. The Kier molecular flexibility index (Phi) is 6.05. The molecule has 9 heteroatoms. The van der Waals surface area contributed by atoms with Gasteiger partial charge in [-0.2, -0.15) is 0 Å². The maximum absolute atomic E-state index is 13.1. The number of benzene rings is 3. The average Bonchev–Trinajstić information content (AvgIpc) is 3.29. The second kappa shape index (κ2) is 9.15. The fourth-order valence-corrected chi connectivity index (χ4v) is 6.28. The standard InChI is InChI=1S/C25H22FN3O3S2/c26-19-7-9-20(10-8-19)28-34(31,32)21-11-5-18(6-12-21)25(30)29-15-13-17(14-16-29)24-27-22-3-1-2-4-23(22)33-24/h1-12,17,28H,13-16H2. The molecular weight excluding hydrogens is 473 g/mol. The van der Waals surface area contributed by atoms with Crippen LogP contribution in [0, 0.1) is 5.82 Å². The summed E-state index contributed by atoms with van der Waals surface area (Å²) in [4.78, 5) is 19.6. The molecule has 6 nitrogen and oxygen atoms in total. The van der Waals surface area contributed by atoms with Crippen LogP contribution in [0.1, 0.15) is 34.1 Å². The molecule has 1 fully saturated rings. The number of carbonyl (C=O) groups excluding carboxylic acids is 1. The number of anilines is 1. The maximum atomic E-state index is 13.1. The summed E-state index contributed by atoms with van der Waals surface area (Å²) in [5.74, 6) is -0.223. The number of carbonyl (C=O) groups is 1. The Bertz CT molecular complexity index is 1390. The molecule has 0 aliphatic carbocycles. The number of halogens is 1. The molecule has 1 saturated heterocycles. The first-order valence-electron chi connectivity index (χ1n) is 10.9. The molecular formula is C25H22FN3O3S2. The van der Waals surface area contributed by atoms with Crippen molar-refractivity contribution in [3.8, 4) is 0 Å². The van der Waals surface area contributed by atoms with Crippen molar-refractivity contribution in [3.63, 3.8) is 0 Å². The van der Waals surface area contributed by atoms with Crippen molar-refractivity contribution in [2.75, 3.05) is 17.8 Å². The maximum Gasteiger partial charge on any atom is 0.261 e. The minimum Gasteiger partial charge on any atom is -0.339 e. The number of piperidine rings is 1. The van der Waals surface area contributed by atoms with Crippen molar-refractivity contribution in [2.24, 2.45) is 0 Å². The van der Waals surface area contributed by atoms with Crippen molar-refractivity contribution < 1.29 is 17.6 Å². The van der Waals surface area contributed by atoms with Crippen molar-refractivity contribution in [3.05, 3.63) is 89.2 Å². The van der Waals surface area contributed by atoms with Crippen LogP contribution in [0.5, 0.6) is 0 Å². The quantitative estimate of drug-likeness (QED) is 0.410. The molecule has 34 heavy (non-hydrogen) atoms. The molecule has 3 aromatic carbocycles. The summed E-state index contributed by atoms with van der Waals surface area (Å²) in [6.45, 7) is 1.26. The van der Waals surface area contributed by atoms with Gasteiger partial charge in [0.1, 0.15) is 5.82 Å². The van der Waals surface area contributed by atoms with E-state index in [1.165, 1.54) is 53.2 Å². The molecule has 5 rings (SSSR count).